The van der Waals surface area contributed by atoms with Crippen molar-refractivity contribution in [2.45, 2.75) is 65.0 Å². The molecule has 0 spiro atoms. The van der Waals surface area contributed by atoms with Crippen molar-refractivity contribution >= 4 is 5.91 Å². The molecular weight excluding hydrogens is 302 g/mol. The fraction of sp³-hybridized carbons (Fsp3) is 0.650. The summed E-state index contributed by atoms with van der Waals surface area (Å²) >= 11 is 0. The van der Waals surface area contributed by atoms with E-state index in [0.717, 1.165) is 12.8 Å². The average Bonchev–Trinajstić information content (AvgIpc) is 2.54. The van der Waals surface area contributed by atoms with Crippen molar-refractivity contribution in [1.82, 2.24) is 4.90 Å². The largest absolute Gasteiger partial charge is 0.481 e. The van der Waals surface area contributed by atoms with Gasteiger partial charge in [0.05, 0.1) is 0 Å². The average molecular weight is 333 g/mol. The smallest absolute Gasteiger partial charge is 0.263 e. The van der Waals surface area contributed by atoms with Gasteiger partial charge in [-0.15, -0.1) is 0 Å². The molecule has 1 aromatic rings. The van der Waals surface area contributed by atoms with Crippen molar-refractivity contribution < 1.29 is 14.6 Å². The molecule has 1 saturated heterocycles. The number of ether oxygens (including phenoxy) is 1. The number of piperidine rings is 1. The number of aliphatic hydroxyl groups excluding tert-OH is 1. The molecule has 0 saturated carbocycles. The van der Waals surface area contributed by atoms with Gasteiger partial charge in [0.25, 0.3) is 5.91 Å². The Kier molecular flexibility index (Phi) is 5.92. The maximum Gasteiger partial charge on any atom is 0.263 e. The third kappa shape index (κ3) is 4.50. The van der Waals surface area contributed by atoms with Gasteiger partial charge in [-0.1, -0.05) is 32.9 Å². The monoisotopic (exact) mass is 333 g/mol. The lowest BCUT2D eigenvalue weighted by Crippen LogP contribution is -2.50. The maximum atomic E-state index is 12.7. The van der Waals surface area contributed by atoms with Crippen LogP contribution >= 0.6 is 0 Å². The molecule has 4 nitrogen and oxygen atoms in total. The van der Waals surface area contributed by atoms with Gasteiger partial charge in [-0.3, -0.25) is 4.79 Å². The van der Waals surface area contributed by atoms with Crippen LogP contribution in [0.4, 0.5) is 0 Å². The van der Waals surface area contributed by atoms with Crippen LogP contribution in [0, 0.1) is 5.92 Å². The second-order valence-corrected chi connectivity index (χ2v) is 8.00. The fourth-order valence-electron chi connectivity index (χ4n) is 3.16. The first-order valence-corrected chi connectivity index (χ1v) is 8.91. The first-order chi connectivity index (χ1) is 11.2. The van der Waals surface area contributed by atoms with Gasteiger partial charge in [-0.05, 0) is 55.7 Å². The zero-order chi connectivity index (χ0) is 17.9. The molecule has 1 amide bonds. The topological polar surface area (TPSA) is 49.8 Å². The van der Waals surface area contributed by atoms with Crippen molar-refractivity contribution in [2.75, 3.05) is 13.2 Å². The maximum absolute atomic E-state index is 12.7. The minimum Gasteiger partial charge on any atom is -0.481 e. The summed E-state index contributed by atoms with van der Waals surface area (Å²) in [6, 6.07) is 8.17. The molecule has 0 aromatic heterocycles. The van der Waals surface area contributed by atoms with Gasteiger partial charge in [-0.25, -0.2) is 0 Å². The number of likely N-dealkylation sites (tertiary alicyclic amines) is 1. The third-order valence-corrected chi connectivity index (χ3v) is 4.90. The number of carbonyl (C=O) groups excluding carboxylic acids is 1. The number of benzene rings is 1. The Bertz CT molecular complexity index is 547. The van der Waals surface area contributed by atoms with Crippen molar-refractivity contribution in [3.8, 4) is 5.75 Å². The van der Waals surface area contributed by atoms with Crippen LogP contribution in [-0.2, 0) is 10.2 Å². The highest BCUT2D eigenvalue weighted by atomic mass is 16.5. The lowest BCUT2D eigenvalue weighted by Gasteiger charge is -2.38. The third-order valence-electron chi connectivity index (χ3n) is 4.90. The molecule has 0 aliphatic carbocycles. The number of hydrogen-bond donors (Lipinski definition) is 1. The highest BCUT2D eigenvalue weighted by molar-refractivity contribution is 5.81. The quantitative estimate of drug-likeness (QED) is 0.919. The normalized spacial score (nSPS) is 23.0. The molecule has 0 radical (unpaired) electrons. The zero-order valence-corrected chi connectivity index (χ0v) is 15.6. The van der Waals surface area contributed by atoms with Crippen molar-refractivity contribution in [2.24, 2.45) is 5.92 Å². The fourth-order valence-corrected chi connectivity index (χ4v) is 3.16. The molecule has 134 valence electrons. The Hall–Kier alpha value is -1.55. The second-order valence-electron chi connectivity index (χ2n) is 8.00. The van der Waals surface area contributed by atoms with Gasteiger partial charge >= 0.3 is 0 Å². The van der Waals surface area contributed by atoms with Crippen molar-refractivity contribution in [3.05, 3.63) is 29.8 Å². The molecule has 1 aromatic carbocycles. The molecule has 1 heterocycles. The van der Waals surface area contributed by atoms with E-state index >= 15 is 0 Å². The molecule has 1 aliphatic heterocycles. The number of carbonyl (C=O) groups is 1. The van der Waals surface area contributed by atoms with Crippen LogP contribution in [0.15, 0.2) is 24.3 Å². The number of nitrogens with zero attached hydrogens (tertiary/aromatic N) is 1. The Balaban J connectivity index is 2.00. The summed E-state index contributed by atoms with van der Waals surface area (Å²) < 4.78 is 5.86. The molecule has 3 unspecified atom stereocenters. The SMILES string of the molecule is CC(Oc1ccc(C(C)(C)C)cc1)C(=O)N1CC(CO)CCC1C. The van der Waals surface area contributed by atoms with E-state index in [-0.39, 0.29) is 29.9 Å². The molecule has 3 atom stereocenters. The summed E-state index contributed by atoms with van der Waals surface area (Å²) in [6.45, 7) is 11.1. The molecule has 0 bridgehead atoms. The molecule has 24 heavy (non-hydrogen) atoms. The highest BCUT2D eigenvalue weighted by Gasteiger charge is 2.31. The van der Waals surface area contributed by atoms with E-state index in [4.69, 9.17) is 4.74 Å². The molecule has 1 aliphatic rings. The molecule has 1 fully saturated rings. The van der Waals surface area contributed by atoms with Crippen molar-refractivity contribution in [1.29, 1.82) is 0 Å². The molecule has 4 heteroatoms. The van der Waals surface area contributed by atoms with Crippen LogP contribution in [0.3, 0.4) is 0 Å². The van der Waals surface area contributed by atoms with Gasteiger partial charge in [0.2, 0.25) is 0 Å². The Morgan fingerprint density at radius 3 is 2.46 bits per heavy atom. The van der Waals surface area contributed by atoms with Crippen LogP contribution < -0.4 is 4.74 Å². The van der Waals surface area contributed by atoms with E-state index in [1.54, 1.807) is 6.92 Å². The first kappa shape index (κ1) is 18.8. The lowest BCUT2D eigenvalue weighted by atomic mass is 9.87. The van der Waals surface area contributed by atoms with Crippen LogP contribution in [0.1, 0.15) is 53.0 Å². The summed E-state index contributed by atoms with van der Waals surface area (Å²) in [5.41, 5.74) is 1.34. The summed E-state index contributed by atoms with van der Waals surface area (Å²) in [6.07, 6.45) is 1.39. The number of hydrogen-bond acceptors (Lipinski definition) is 3. The van der Waals surface area contributed by atoms with E-state index < -0.39 is 6.10 Å². The minimum atomic E-state index is -0.523. The van der Waals surface area contributed by atoms with Gasteiger partial charge in [-0.2, -0.15) is 0 Å². The molecule has 2 rings (SSSR count). The zero-order valence-electron chi connectivity index (χ0n) is 15.6. The Morgan fingerprint density at radius 1 is 1.29 bits per heavy atom. The second kappa shape index (κ2) is 7.56. The minimum absolute atomic E-state index is 0.000507. The van der Waals surface area contributed by atoms with Gasteiger partial charge in [0, 0.05) is 19.2 Å². The van der Waals surface area contributed by atoms with E-state index in [0.29, 0.717) is 12.3 Å². The summed E-state index contributed by atoms with van der Waals surface area (Å²) in [5.74, 6) is 0.899. The Labute approximate surface area is 145 Å². The summed E-state index contributed by atoms with van der Waals surface area (Å²) in [7, 11) is 0. The predicted octanol–water partition coefficient (Wildman–Crippen LogP) is 3.37. The molecular formula is C20H31NO3. The highest BCUT2D eigenvalue weighted by Crippen LogP contribution is 2.26. The Morgan fingerprint density at radius 2 is 1.92 bits per heavy atom. The van der Waals surface area contributed by atoms with Crippen LogP contribution in [-0.4, -0.2) is 41.2 Å². The van der Waals surface area contributed by atoms with Gasteiger partial charge < -0.3 is 14.7 Å². The van der Waals surface area contributed by atoms with Crippen LogP contribution in [0.2, 0.25) is 0 Å². The first-order valence-electron chi connectivity index (χ1n) is 8.91. The van der Waals surface area contributed by atoms with Crippen LogP contribution in [0.25, 0.3) is 0 Å². The van der Waals surface area contributed by atoms with E-state index in [1.165, 1.54) is 5.56 Å². The van der Waals surface area contributed by atoms with E-state index in [1.807, 2.05) is 17.0 Å². The number of aliphatic hydroxyl groups is 1. The van der Waals surface area contributed by atoms with E-state index in [2.05, 4.69) is 39.8 Å². The standard InChI is InChI=1S/C20H31NO3/c1-14-6-7-16(13-22)12-21(14)19(23)15(2)24-18-10-8-17(9-11-18)20(3,4)5/h8-11,14-16,22H,6-7,12-13H2,1-5H3. The lowest BCUT2D eigenvalue weighted by molar-refractivity contribution is -0.142. The van der Waals surface area contributed by atoms with Gasteiger partial charge in [0.1, 0.15) is 5.75 Å². The predicted molar refractivity (Wildman–Crippen MR) is 96.2 cm³/mol. The van der Waals surface area contributed by atoms with Crippen molar-refractivity contribution in [3.63, 3.8) is 0 Å². The molecule has 1 N–H and O–H groups in total. The number of rotatable bonds is 4. The van der Waals surface area contributed by atoms with E-state index in [9.17, 15) is 9.90 Å². The van der Waals surface area contributed by atoms with Crippen LogP contribution in [0.5, 0.6) is 5.75 Å². The van der Waals surface area contributed by atoms with Gasteiger partial charge in [0.15, 0.2) is 6.10 Å². The summed E-state index contributed by atoms with van der Waals surface area (Å²) in [4.78, 5) is 14.6. The summed E-state index contributed by atoms with van der Waals surface area (Å²) in [5, 5.41) is 9.37. The number of amides is 1.